The first kappa shape index (κ1) is 24.3. The fourth-order valence-corrected chi connectivity index (χ4v) is 4.25. The summed E-state index contributed by atoms with van der Waals surface area (Å²) < 4.78 is 0. The average Bonchev–Trinajstić information content (AvgIpc) is 2.74. The molecule has 0 bridgehead atoms. The number of unbranched alkanes of at least 4 members (excludes halogenated alkanes) is 6. The Bertz CT molecular complexity index is 700. The van der Waals surface area contributed by atoms with Crippen LogP contribution in [0.15, 0.2) is 36.4 Å². The zero-order valence-corrected chi connectivity index (χ0v) is 19.6. The van der Waals surface area contributed by atoms with Gasteiger partial charge in [0.2, 0.25) is 0 Å². The Labute approximate surface area is 184 Å². The average molecular weight is 411 g/mol. The summed E-state index contributed by atoms with van der Waals surface area (Å²) in [5.41, 5.74) is 3.75. The van der Waals surface area contributed by atoms with Crippen LogP contribution in [0.25, 0.3) is 11.1 Å². The van der Waals surface area contributed by atoms with Crippen molar-refractivity contribution >= 4 is 0 Å². The van der Waals surface area contributed by atoms with E-state index in [1.54, 1.807) is 0 Å². The molecule has 2 unspecified atom stereocenters. The standard InChI is InChI=1S/C28H42O2/c1-5-7-9-11-13-21(3)23-15-17-25(27(29)19-23)26-18-16-24(20-28(26)30)22(4)14-12-10-8-6-2/h15-22,29-30H,5-14H2,1-4H3. The van der Waals surface area contributed by atoms with Crippen LogP contribution < -0.4 is 0 Å². The molecule has 2 aromatic rings. The smallest absolute Gasteiger partial charge is 0.123 e. The minimum atomic E-state index is 0.253. The molecule has 0 aliphatic rings. The van der Waals surface area contributed by atoms with Crippen molar-refractivity contribution < 1.29 is 10.2 Å². The molecule has 2 rings (SSSR count). The SMILES string of the molecule is CCCCCCC(C)c1ccc(-c2ccc(C(C)CCCCCC)cc2O)c(O)c1. The molecule has 2 nitrogen and oxygen atoms in total. The van der Waals surface area contributed by atoms with Gasteiger partial charge >= 0.3 is 0 Å². The first-order chi connectivity index (χ1) is 14.5. The largest absolute Gasteiger partial charge is 0.507 e. The third-order valence-corrected chi connectivity index (χ3v) is 6.45. The van der Waals surface area contributed by atoms with E-state index in [1.807, 2.05) is 24.3 Å². The van der Waals surface area contributed by atoms with Gasteiger partial charge in [-0.05, 0) is 47.9 Å². The Balaban J connectivity index is 2.06. The molecule has 0 saturated carbocycles. The third-order valence-electron chi connectivity index (χ3n) is 6.45. The number of phenolic OH excluding ortho intramolecular Hbond substituents is 2. The lowest BCUT2D eigenvalue weighted by Gasteiger charge is -2.16. The highest BCUT2D eigenvalue weighted by Gasteiger charge is 2.14. The minimum Gasteiger partial charge on any atom is -0.507 e. The molecule has 0 aliphatic heterocycles. The predicted octanol–water partition coefficient (Wildman–Crippen LogP) is 8.91. The molecule has 2 aromatic carbocycles. The van der Waals surface area contributed by atoms with Crippen molar-refractivity contribution in [1.29, 1.82) is 0 Å². The van der Waals surface area contributed by atoms with E-state index in [0.29, 0.717) is 23.0 Å². The third kappa shape index (κ3) is 7.07. The molecule has 0 saturated heterocycles. The Hall–Kier alpha value is -1.96. The maximum atomic E-state index is 10.7. The van der Waals surface area contributed by atoms with Gasteiger partial charge in [0.25, 0.3) is 0 Å². The molecule has 0 spiro atoms. The van der Waals surface area contributed by atoms with Gasteiger partial charge in [0.1, 0.15) is 11.5 Å². The lowest BCUT2D eigenvalue weighted by Crippen LogP contribution is -1.96. The minimum absolute atomic E-state index is 0.253. The van der Waals surface area contributed by atoms with Gasteiger partial charge in [-0.2, -0.15) is 0 Å². The first-order valence-corrected chi connectivity index (χ1v) is 12.1. The van der Waals surface area contributed by atoms with Gasteiger partial charge in [0.05, 0.1) is 0 Å². The molecule has 0 heterocycles. The Kier molecular flexibility index (Phi) is 10.3. The van der Waals surface area contributed by atoms with Crippen LogP contribution in [0.5, 0.6) is 11.5 Å². The number of aromatic hydroxyl groups is 2. The Morgan fingerprint density at radius 3 is 1.33 bits per heavy atom. The summed E-state index contributed by atoms with van der Waals surface area (Å²) in [6.45, 7) is 8.93. The fraction of sp³-hybridized carbons (Fsp3) is 0.571. The van der Waals surface area contributed by atoms with Crippen molar-refractivity contribution in [1.82, 2.24) is 0 Å². The number of phenols is 2. The van der Waals surface area contributed by atoms with Crippen LogP contribution in [-0.4, -0.2) is 10.2 Å². The Morgan fingerprint density at radius 2 is 1.00 bits per heavy atom. The first-order valence-electron chi connectivity index (χ1n) is 12.1. The highest BCUT2D eigenvalue weighted by Crippen LogP contribution is 2.39. The molecule has 0 aromatic heterocycles. The molecule has 2 heteroatoms. The molecule has 0 fully saturated rings. The summed E-state index contributed by atoms with van der Waals surface area (Å²) in [7, 11) is 0. The molecule has 0 amide bonds. The number of benzene rings is 2. The molecular weight excluding hydrogens is 368 g/mol. The van der Waals surface area contributed by atoms with Crippen molar-refractivity contribution in [2.45, 2.75) is 104 Å². The van der Waals surface area contributed by atoms with Crippen molar-refractivity contribution in [3.8, 4) is 22.6 Å². The predicted molar refractivity (Wildman–Crippen MR) is 130 cm³/mol. The van der Waals surface area contributed by atoms with Crippen LogP contribution in [0.2, 0.25) is 0 Å². The molecule has 0 radical (unpaired) electrons. The molecule has 30 heavy (non-hydrogen) atoms. The van der Waals surface area contributed by atoms with Crippen LogP contribution in [0.1, 0.15) is 115 Å². The van der Waals surface area contributed by atoms with Gasteiger partial charge in [-0.25, -0.2) is 0 Å². The van der Waals surface area contributed by atoms with E-state index in [-0.39, 0.29) is 11.5 Å². The van der Waals surface area contributed by atoms with Crippen LogP contribution >= 0.6 is 0 Å². The second-order valence-electron chi connectivity index (χ2n) is 9.05. The van der Waals surface area contributed by atoms with E-state index < -0.39 is 0 Å². The van der Waals surface area contributed by atoms with E-state index >= 15 is 0 Å². The van der Waals surface area contributed by atoms with Gasteiger partial charge < -0.3 is 10.2 Å². The van der Waals surface area contributed by atoms with E-state index in [4.69, 9.17) is 0 Å². The van der Waals surface area contributed by atoms with Crippen LogP contribution in [0.3, 0.4) is 0 Å². The second kappa shape index (κ2) is 12.7. The molecular formula is C28H42O2. The van der Waals surface area contributed by atoms with E-state index in [2.05, 4.69) is 39.8 Å². The molecule has 2 atom stereocenters. The normalized spacial score (nSPS) is 13.3. The molecule has 2 N–H and O–H groups in total. The second-order valence-corrected chi connectivity index (χ2v) is 9.05. The summed E-state index contributed by atoms with van der Waals surface area (Å²) in [6, 6.07) is 11.9. The van der Waals surface area contributed by atoms with Crippen LogP contribution in [0.4, 0.5) is 0 Å². The van der Waals surface area contributed by atoms with E-state index in [0.717, 1.165) is 12.8 Å². The van der Waals surface area contributed by atoms with Gasteiger partial charge in [-0.1, -0.05) is 103 Å². The van der Waals surface area contributed by atoms with E-state index in [9.17, 15) is 10.2 Å². The topological polar surface area (TPSA) is 40.5 Å². The Morgan fingerprint density at radius 1 is 0.600 bits per heavy atom. The van der Waals surface area contributed by atoms with Crippen LogP contribution in [-0.2, 0) is 0 Å². The zero-order valence-electron chi connectivity index (χ0n) is 19.6. The van der Waals surface area contributed by atoms with Gasteiger partial charge in [-0.3, -0.25) is 0 Å². The highest BCUT2D eigenvalue weighted by molar-refractivity contribution is 5.76. The fourth-order valence-electron chi connectivity index (χ4n) is 4.25. The summed E-state index contributed by atoms with van der Waals surface area (Å²) >= 11 is 0. The maximum absolute atomic E-state index is 10.7. The maximum Gasteiger partial charge on any atom is 0.123 e. The molecule has 166 valence electrons. The van der Waals surface area contributed by atoms with Crippen molar-refractivity contribution in [2.24, 2.45) is 0 Å². The molecule has 0 aliphatic carbocycles. The van der Waals surface area contributed by atoms with Crippen molar-refractivity contribution in [2.75, 3.05) is 0 Å². The van der Waals surface area contributed by atoms with E-state index in [1.165, 1.54) is 62.5 Å². The van der Waals surface area contributed by atoms with Crippen molar-refractivity contribution in [3.63, 3.8) is 0 Å². The number of rotatable bonds is 13. The lowest BCUT2D eigenvalue weighted by molar-refractivity contribution is 0.467. The highest BCUT2D eigenvalue weighted by atomic mass is 16.3. The summed E-state index contributed by atoms with van der Waals surface area (Å²) in [5, 5.41) is 21.3. The summed E-state index contributed by atoms with van der Waals surface area (Å²) in [5.74, 6) is 1.38. The quantitative estimate of drug-likeness (QED) is 0.324. The summed E-state index contributed by atoms with van der Waals surface area (Å²) in [4.78, 5) is 0. The zero-order chi connectivity index (χ0) is 21.9. The summed E-state index contributed by atoms with van der Waals surface area (Å²) in [6.07, 6.45) is 12.4. The number of hydrogen-bond acceptors (Lipinski definition) is 2. The van der Waals surface area contributed by atoms with Gasteiger partial charge in [-0.15, -0.1) is 0 Å². The van der Waals surface area contributed by atoms with Crippen LogP contribution in [0, 0.1) is 0 Å². The number of hydrogen-bond donors (Lipinski definition) is 2. The lowest BCUT2D eigenvalue weighted by atomic mass is 9.90. The van der Waals surface area contributed by atoms with Gasteiger partial charge in [0, 0.05) is 11.1 Å². The van der Waals surface area contributed by atoms with Crippen molar-refractivity contribution in [3.05, 3.63) is 47.5 Å². The van der Waals surface area contributed by atoms with Gasteiger partial charge in [0.15, 0.2) is 0 Å². The monoisotopic (exact) mass is 410 g/mol.